The second-order valence-corrected chi connectivity index (χ2v) is 7.84. The number of anilines is 1. The number of nitrogens with zero attached hydrogens (tertiary/aromatic N) is 3. The van der Waals surface area contributed by atoms with Crippen LogP contribution in [0.25, 0.3) is 0 Å². The second kappa shape index (κ2) is 6.14. The maximum Gasteiger partial charge on any atom is 0.248 e. The lowest BCUT2D eigenvalue weighted by molar-refractivity contribution is 0.378. The minimum absolute atomic E-state index is 0.189. The molecule has 1 aromatic carbocycles. The fourth-order valence-electron chi connectivity index (χ4n) is 2.83. The molecular formula is C15H18ClN3O3S. The molecule has 0 unspecified atom stereocenters. The fourth-order valence-corrected chi connectivity index (χ4v) is 4.73. The van der Waals surface area contributed by atoms with E-state index in [-0.39, 0.29) is 4.90 Å². The zero-order chi connectivity index (χ0) is 16.6. The molecule has 0 atom stereocenters. The van der Waals surface area contributed by atoms with Crippen LogP contribution in [0.4, 0.5) is 5.69 Å². The van der Waals surface area contributed by atoms with Crippen molar-refractivity contribution in [2.45, 2.75) is 18.7 Å². The van der Waals surface area contributed by atoms with Gasteiger partial charge in [0.2, 0.25) is 10.0 Å². The predicted octanol–water partition coefficient (Wildman–Crippen LogP) is 2.46. The van der Waals surface area contributed by atoms with Crippen LogP contribution in [0.1, 0.15) is 11.5 Å². The van der Waals surface area contributed by atoms with Gasteiger partial charge < -0.3 is 9.42 Å². The largest absolute Gasteiger partial charge is 0.369 e. The lowest BCUT2D eigenvalue weighted by Crippen LogP contribution is -2.48. The van der Waals surface area contributed by atoms with Crippen molar-refractivity contribution < 1.29 is 12.9 Å². The molecule has 0 N–H and O–H groups in total. The van der Waals surface area contributed by atoms with Gasteiger partial charge in [0.1, 0.15) is 10.6 Å². The highest BCUT2D eigenvalue weighted by Crippen LogP contribution is 2.26. The molecule has 2 aromatic rings. The predicted molar refractivity (Wildman–Crippen MR) is 88.4 cm³/mol. The lowest BCUT2D eigenvalue weighted by atomic mass is 10.2. The highest BCUT2D eigenvalue weighted by atomic mass is 35.5. The van der Waals surface area contributed by atoms with Crippen LogP contribution in [0, 0.1) is 13.8 Å². The molecule has 3 rings (SSSR count). The molecule has 124 valence electrons. The van der Waals surface area contributed by atoms with E-state index in [9.17, 15) is 8.42 Å². The molecule has 0 radical (unpaired) electrons. The van der Waals surface area contributed by atoms with Gasteiger partial charge in [-0.1, -0.05) is 22.8 Å². The number of aromatic nitrogens is 1. The summed E-state index contributed by atoms with van der Waals surface area (Å²) in [6.07, 6.45) is 0. The molecule has 1 fully saturated rings. The zero-order valence-corrected chi connectivity index (χ0v) is 14.6. The summed E-state index contributed by atoms with van der Waals surface area (Å²) in [5, 5.41) is 4.42. The summed E-state index contributed by atoms with van der Waals surface area (Å²) >= 11 is 6.02. The van der Waals surface area contributed by atoms with Crippen molar-refractivity contribution in [3.63, 3.8) is 0 Å². The first kappa shape index (κ1) is 16.3. The first-order valence-electron chi connectivity index (χ1n) is 7.33. The Morgan fingerprint density at radius 2 is 1.87 bits per heavy atom. The van der Waals surface area contributed by atoms with Crippen LogP contribution in [0.2, 0.25) is 5.02 Å². The van der Waals surface area contributed by atoms with Gasteiger partial charge in [0, 0.05) is 36.9 Å². The molecule has 1 aliphatic rings. The molecule has 8 heteroatoms. The molecule has 6 nitrogen and oxygen atoms in total. The molecule has 1 saturated heterocycles. The van der Waals surface area contributed by atoms with Gasteiger partial charge in [0.05, 0.1) is 0 Å². The highest BCUT2D eigenvalue weighted by molar-refractivity contribution is 7.89. The van der Waals surface area contributed by atoms with Gasteiger partial charge in [-0.05, 0) is 32.0 Å². The van der Waals surface area contributed by atoms with Crippen molar-refractivity contribution in [2.75, 3.05) is 31.1 Å². The van der Waals surface area contributed by atoms with Crippen LogP contribution >= 0.6 is 11.6 Å². The van der Waals surface area contributed by atoms with Crippen LogP contribution in [-0.2, 0) is 10.0 Å². The molecule has 1 aromatic heterocycles. The first-order valence-corrected chi connectivity index (χ1v) is 9.15. The van der Waals surface area contributed by atoms with Gasteiger partial charge >= 0.3 is 0 Å². The molecule has 0 bridgehead atoms. The number of rotatable bonds is 3. The van der Waals surface area contributed by atoms with E-state index in [2.05, 4.69) is 10.1 Å². The van der Waals surface area contributed by atoms with Crippen molar-refractivity contribution in [2.24, 2.45) is 0 Å². The van der Waals surface area contributed by atoms with Crippen LogP contribution in [0.3, 0.4) is 0 Å². The average Bonchev–Trinajstić information content (AvgIpc) is 2.87. The van der Waals surface area contributed by atoms with E-state index in [0.717, 1.165) is 5.69 Å². The van der Waals surface area contributed by atoms with Crippen molar-refractivity contribution in [1.29, 1.82) is 0 Å². The van der Waals surface area contributed by atoms with Crippen LogP contribution < -0.4 is 4.90 Å². The van der Waals surface area contributed by atoms with Crippen molar-refractivity contribution >= 4 is 27.3 Å². The molecule has 23 heavy (non-hydrogen) atoms. The van der Waals surface area contributed by atoms with E-state index >= 15 is 0 Å². The normalized spacial score (nSPS) is 16.7. The molecular weight excluding hydrogens is 338 g/mol. The number of piperazine rings is 1. The van der Waals surface area contributed by atoms with E-state index in [1.807, 2.05) is 24.3 Å². The van der Waals surface area contributed by atoms with E-state index < -0.39 is 10.0 Å². The molecule has 1 aliphatic heterocycles. The van der Waals surface area contributed by atoms with E-state index in [4.69, 9.17) is 16.1 Å². The van der Waals surface area contributed by atoms with Gasteiger partial charge in [-0.25, -0.2) is 8.42 Å². The summed E-state index contributed by atoms with van der Waals surface area (Å²) in [7, 11) is -3.57. The summed E-state index contributed by atoms with van der Waals surface area (Å²) in [5.41, 5.74) is 1.41. The molecule has 0 saturated carbocycles. The average molecular weight is 356 g/mol. The number of halogens is 1. The summed E-state index contributed by atoms with van der Waals surface area (Å²) < 4.78 is 32.0. The first-order chi connectivity index (χ1) is 10.9. The Balaban J connectivity index is 1.76. The third-order valence-corrected chi connectivity index (χ3v) is 6.36. The van der Waals surface area contributed by atoms with Crippen LogP contribution in [0.15, 0.2) is 33.7 Å². The molecule has 0 amide bonds. The van der Waals surface area contributed by atoms with Crippen molar-refractivity contribution in [3.8, 4) is 0 Å². The Bertz CT molecular complexity index is 792. The topological polar surface area (TPSA) is 66.7 Å². The Hall–Kier alpha value is -1.57. The van der Waals surface area contributed by atoms with Gasteiger partial charge in [-0.15, -0.1) is 0 Å². The minimum Gasteiger partial charge on any atom is -0.369 e. The summed E-state index contributed by atoms with van der Waals surface area (Å²) in [5.74, 6) is 0.333. The van der Waals surface area contributed by atoms with Gasteiger partial charge in [-0.2, -0.15) is 4.31 Å². The molecule has 2 heterocycles. The van der Waals surface area contributed by atoms with E-state index in [1.165, 1.54) is 4.31 Å². The third kappa shape index (κ3) is 3.08. The van der Waals surface area contributed by atoms with Crippen molar-refractivity contribution in [3.05, 3.63) is 40.7 Å². The number of hydrogen-bond donors (Lipinski definition) is 0. The monoisotopic (exact) mass is 355 g/mol. The quantitative estimate of drug-likeness (QED) is 0.846. The third-order valence-electron chi connectivity index (χ3n) is 3.98. The Morgan fingerprint density at radius 1 is 1.17 bits per heavy atom. The van der Waals surface area contributed by atoms with Gasteiger partial charge in [-0.3, -0.25) is 0 Å². The second-order valence-electron chi connectivity index (χ2n) is 5.52. The number of sulfonamides is 1. The summed E-state index contributed by atoms with van der Waals surface area (Å²) in [4.78, 5) is 2.32. The van der Waals surface area contributed by atoms with Crippen LogP contribution in [-0.4, -0.2) is 44.1 Å². The maximum atomic E-state index is 12.8. The smallest absolute Gasteiger partial charge is 0.248 e. The standard InChI is InChI=1S/C15H18ClN3O3S/c1-11-15(12(2)22-17-11)23(20,21)19-8-6-18(7-9-19)14-5-3-4-13(16)10-14/h3-5,10H,6-9H2,1-2H3. The van der Waals surface area contributed by atoms with E-state index in [0.29, 0.717) is 42.7 Å². The molecule has 0 spiro atoms. The summed E-state index contributed by atoms with van der Waals surface area (Å²) in [6, 6.07) is 7.58. The van der Waals surface area contributed by atoms with Crippen LogP contribution in [0.5, 0.6) is 0 Å². The highest BCUT2D eigenvalue weighted by Gasteiger charge is 2.33. The minimum atomic E-state index is -3.57. The SMILES string of the molecule is Cc1noc(C)c1S(=O)(=O)N1CCN(c2cccc(Cl)c2)CC1. The summed E-state index contributed by atoms with van der Waals surface area (Å²) in [6.45, 7) is 5.32. The van der Waals surface area contributed by atoms with E-state index in [1.54, 1.807) is 13.8 Å². The number of hydrogen-bond acceptors (Lipinski definition) is 5. The zero-order valence-electron chi connectivity index (χ0n) is 13.0. The van der Waals surface area contributed by atoms with Gasteiger partial charge in [0.25, 0.3) is 0 Å². The van der Waals surface area contributed by atoms with Crippen molar-refractivity contribution in [1.82, 2.24) is 9.46 Å². The lowest BCUT2D eigenvalue weighted by Gasteiger charge is -2.35. The Kier molecular flexibility index (Phi) is 4.35. The number of aryl methyl sites for hydroxylation is 2. The fraction of sp³-hybridized carbons (Fsp3) is 0.400. The van der Waals surface area contributed by atoms with Gasteiger partial charge in [0.15, 0.2) is 5.76 Å². The Morgan fingerprint density at radius 3 is 2.43 bits per heavy atom. The number of benzene rings is 1. The Labute approximate surface area is 140 Å². The molecule has 0 aliphatic carbocycles. The maximum absolute atomic E-state index is 12.8.